The molecule has 4 rings (SSSR count). The third-order valence-electron chi connectivity index (χ3n) is 4.86. The normalized spacial score (nSPS) is 10.8. The minimum absolute atomic E-state index is 0.104. The lowest BCUT2D eigenvalue weighted by Gasteiger charge is -2.08. The fourth-order valence-electron chi connectivity index (χ4n) is 3.24. The Kier molecular flexibility index (Phi) is 5.69. The molecular formula is C22H18N4O5S. The van der Waals surface area contributed by atoms with Gasteiger partial charge in [0.1, 0.15) is 9.71 Å². The number of nitrogens with one attached hydrogen (secondary N) is 1. The molecule has 4 aromatic rings. The van der Waals surface area contributed by atoms with E-state index in [0.717, 1.165) is 21.6 Å². The lowest BCUT2D eigenvalue weighted by molar-refractivity contribution is -0.385. The first-order valence-electron chi connectivity index (χ1n) is 9.60. The molecule has 10 heteroatoms. The number of esters is 1. The van der Waals surface area contributed by atoms with Crippen LogP contribution >= 0.6 is 11.3 Å². The summed E-state index contributed by atoms with van der Waals surface area (Å²) in [6, 6.07) is 15.6. The van der Waals surface area contributed by atoms with Crippen LogP contribution in [0.1, 0.15) is 20.9 Å². The zero-order chi connectivity index (χ0) is 22.8. The number of rotatable bonds is 6. The number of para-hydroxylation sites is 1. The van der Waals surface area contributed by atoms with Crippen LogP contribution in [0.25, 0.3) is 15.9 Å². The molecule has 2 aromatic heterocycles. The Hall–Kier alpha value is -4.05. The molecule has 0 atom stereocenters. The molecule has 0 aliphatic rings. The van der Waals surface area contributed by atoms with Crippen molar-refractivity contribution in [2.75, 3.05) is 11.9 Å². The van der Waals surface area contributed by atoms with Crippen LogP contribution in [-0.4, -0.2) is 33.2 Å². The van der Waals surface area contributed by atoms with Crippen LogP contribution in [0.5, 0.6) is 0 Å². The van der Waals surface area contributed by atoms with Gasteiger partial charge in [-0.1, -0.05) is 24.3 Å². The van der Waals surface area contributed by atoms with Gasteiger partial charge in [0, 0.05) is 11.5 Å². The van der Waals surface area contributed by atoms with Crippen molar-refractivity contribution in [1.82, 2.24) is 9.78 Å². The van der Waals surface area contributed by atoms with Gasteiger partial charge in [0.2, 0.25) is 0 Å². The summed E-state index contributed by atoms with van der Waals surface area (Å²) in [4.78, 5) is 36.4. The van der Waals surface area contributed by atoms with E-state index in [1.54, 1.807) is 16.8 Å². The van der Waals surface area contributed by atoms with Crippen molar-refractivity contribution in [3.63, 3.8) is 0 Å². The average molecular weight is 450 g/mol. The first kappa shape index (κ1) is 21.2. The lowest BCUT2D eigenvalue weighted by Crippen LogP contribution is -2.21. The van der Waals surface area contributed by atoms with Crippen molar-refractivity contribution in [3.05, 3.63) is 80.8 Å². The molecule has 162 valence electrons. The number of carbonyl (C=O) groups excluding carboxylic acids is 2. The third kappa shape index (κ3) is 4.08. The highest BCUT2D eigenvalue weighted by Gasteiger charge is 2.20. The van der Waals surface area contributed by atoms with Crippen molar-refractivity contribution in [2.24, 2.45) is 0 Å². The molecule has 1 N–H and O–H groups in total. The van der Waals surface area contributed by atoms with Crippen LogP contribution in [0, 0.1) is 24.0 Å². The summed E-state index contributed by atoms with van der Waals surface area (Å²) in [6.45, 7) is 2.88. The largest absolute Gasteiger partial charge is 0.451 e. The number of carbonyl (C=O) groups is 2. The van der Waals surface area contributed by atoms with Gasteiger partial charge in [-0.15, -0.1) is 11.3 Å². The molecule has 0 saturated heterocycles. The standard InChI is InChI=1S/C22H18N4O5S/c1-13-17(9-6-10-18(13)26(29)30)23-20(27)12-31-22(28)19-11-16-14(2)24-25(21(16)32-19)15-7-4-3-5-8-15/h3-11H,12H2,1-2H3,(H,23,27). The van der Waals surface area contributed by atoms with E-state index in [4.69, 9.17) is 4.74 Å². The predicted molar refractivity (Wildman–Crippen MR) is 120 cm³/mol. The molecule has 0 radical (unpaired) electrons. The molecule has 2 heterocycles. The second-order valence-corrected chi connectivity index (χ2v) is 8.02. The smallest absolute Gasteiger partial charge is 0.348 e. The second kappa shape index (κ2) is 8.60. The highest BCUT2D eigenvalue weighted by Crippen LogP contribution is 2.31. The summed E-state index contributed by atoms with van der Waals surface area (Å²) < 4.78 is 6.93. The Morgan fingerprint density at radius 1 is 1.16 bits per heavy atom. The van der Waals surface area contributed by atoms with Gasteiger partial charge in [-0.3, -0.25) is 14.9 Å². The van der Waals surface area contributed by atoms with Crippen LogP contribution in [0.2, 0.25) is 0 Å². The number of amides is 1. The van der Waals surface area contributed by atoms with E-state index in [0.29, 0.717) is 16.1 Å². The monoisotopic (exact) mass is 450 g/mol. The fourth-order valence-corrected chi connectivity index (χ4v) is 4.31. The second-order valence-electron chi connectivity index (χ2n) is 6.99. The highest BCUT2D eigenvalue weighted by atomic mass is 32.1. The number of nitro benzene ring substituents is 1. The number of aryl methyl sites for hydroxylation is 1. The molecular weight excluding hydrogens is 432 g/mol. The van der Waals surface area contributed by atoms with E-state index < -0.39 is 23.4 Å². The number of benzene rings is 2. The Bertz CT molecular complexity index is 1340. The maximum absolute atomic E-state index is 12.5. The highest BCUT2D eigenvalue weighted by molar-refractivity contribution is 7.20. The number of anilines is 1. The number of aromatic nitrogens is 2. The number of hydrogen-bond acceptors (Lipinski definition) is 7. The molecule has 0 bridgehead atoms. The summed E-state index contributed by atoms with van der Waals surface area (Å²) in [7, 11) is 0. The van der Waals surface area contributed by atoms with Gasteiger partial charge in [-0.25, -0.2) is 9.48 Å². The Labute approximate surface area is 186 Å². The zero-order valence-electron chi connectivity index (χ0n) is 17.2. The number of fused-ring (bicyclic) bond motifs is 1. The molecule has 0 unspecified atom stereocenters. The van der Waals surface area contributed by atoms with Gasteiger partial charge in [-0.05, 0) is 38.1 Å². The summed E-state index contributed by atoms with van der Waals surface area (Å²) in [5.41, 5.74) is 2.16. The number of hydrogen-bond donors (Lipinski definition) is 1. The van der Waals surface area contributed by atoms with E-state index in [-0.39, 0.29) is 5.69 Å². The topological polar surface area (TPSA) is 116 Å². The van der Waals surface area contributed by atoms with Crippen LogP contribution in [-0.2, 0) is 9.53 Å². The van der Waals surface area contributed by atoms with Gasteiger partial charge in [0.25, 0.3) is 11.6 Å². The van der Waals surface area contributed by atoms with Crippen LogP contribution in [0.3, 0.4) is 0 Å². The molecule has 32 heavy (non-hydrogen) atoms. The minimum Gasteiger partial charge on any atom is -0.451 e. The summed E-state index contributed by atoms with van der Waals surface area (Å²) in [5.74, 6) is -1.22. The first-order chi connectivity index (χ1) is 15.3. The lowest BCUT2D eigenvalue weighted by atomic mass is 10.1. The molecule has 0 aliphatic heterocycles. The van der Waals surface area contributed by atoms with Crippen LogP contribution < -0.4 is 5.32 Å². The number of thiophene rings is 1. The van der Waals surface area contributed by atoms with E-state index in [1.807, 2.05) is 37.3 Å². The van der Waals surface area contributed by atoms with Crippen LogP contribution in [0.4, 0.5) is 11.4 Å². The van der Waals surface area contributed by atoms with Crippen molar-refractivity contribution < 1.29 is 19.2 Å². The van der Waals surface area contributed by atoms with E-state index in [9.17, 15) is 19.7 Å². The SMILES string of the molecule is Cc1c(NC(=O)COC(=O)c2cc3c(C)nn(-c4ccccc4)c3s2)cccc1[N+](=O)[O-]. The molecule has 2 aromatic carbocycles. The molecule has 0 spiro atoms. The zero-order valence-corrected chi connectivity index (χ0v) is 18.0. The summed E-state index contributed by atoms with van der Waals surface area (Å²) in [6.07, 6.45) is 0. The molecule has 0 fully saturated rings. The molecule has 1 amide bonds. The van der Waals surface area contributed by atoms with Gasteiger partial charge in [0.05, 0.1) is 27.6 Å². The Morgan fingerprint density at radius 2 is 1.91 bits per heavy atom. The quantitative estimate of drug-likeness (QED) is 0.264. The maximum atomic E-state index is 12.5. The molecule has 0 saturated carbocycles. The third-order valence-corrected chi connectivity index (χ3v) is 5.95. The van der Waals surface area contributed by atoms with Gasteiger partial charge in [0.15, 0.2) is 6.61 Å². The number of nitro groups is 1. The van der Waals surface area contributed by atoms with Crippen molar-refractivity contribution >= 4 is 44.8 Å². The van der Waals surface area contributed by atoms with Gasteiger partial charge in [-0.2, -0.15) is 5.10 Å². The first-order valence-corrected chi connectivity index (χ1v) is 10.4. The minimum atomic E-state index is -0.629. The summed E-state index contributed by atoms with van der Waals surface area (Å²) in [5, 5.41) is 19.0. The number of nitrogens with zero attached hydrogens (tertiary/aromatic N) is 3. The Morgan fingerprint density at radius 3 is 2.62 bits per heavy atom. The average Bonchev–Trinajstić information content (AvgIpc) is 3.34. The van der Waals surface area contributed by atoms with Crippen molar-refractivity contribution in [1.29, 1.82) is 0 Å². The molecule has 9 nitrogen and oxygen atoms in total. The van der Waals surface area contributed by atoms with Crippen LogP contribution in [0.15, 0.2) is 54.6 Å². The van der Waals surface area contributed by atoms with Crippen molar-refractivity contribution in [3.8, 4) is 5.69 Å². The Balaban J connectivity index is 1.46. The van der Waals surface area contributed by atoms with Gasteiger partial charge >= 0.3 is 5.97 Å². The van der Waals surface area contributed by atoms with E-state index >= 15 is 0 Å². The van der Waals surface area contributed by atoms with E-state index in [2.05, 4.69) is 10.4 Å². The summed E-state index contributed by atoms with van der Waals surface area (Å²) >= 11 is 1.23. The predicted octanol–water partition coefficient (Wildman–Crippen LogP) is 4.41. The molecule has 0 aliphatic carbocycles. The maximum Gasteiger partial charge on any atom is 0.348 e. The number of ether oxygens (including phenoxy) is 1. The van der Waals surface area contributed by atoms with E-state index in [1.165, 1.54) is 30.4 Å². The van der Waals surface area contributed by atoms with Crippen molar-refractivity contribution in [2.45, 2.75) is 13.8 Å². The van der Waals surface area contributed by atoms with Gasteiger partial charge < -0.3 is 10.1 Å². The fraction of sp³-hybridized carbons (Fsp3) is 0.136.